The molecule has 1 aromatic carbocycles. The van der Waals surface area contributed by atoms with Gasteiger partial charge in [0.2, 0.25) is 5.91 Å². The van der Waals surface area contributed by atoms with E-state index in [1.807, 2.05) is 0 Å². The van der Waals surface area contributed by atoms with Gasteiger partial charge < -0.3 is 0 Å². The fourth-order valence-electron chi connectivity index (χ4n) is 1.32. The van der Waals surface area contributed by atoms with E-state index in [0.717, 1.165) is 17.1 Å². The lowest BCUT2D eigenvalue weighted by Gasteiger charge is -2.14. The van der Waals surface area contributed by atoms with E-state index in [0.29, 0.717) is 6.07 Å². The van der Waals surface area contributed by atoms with Crippen LogP contribution in [0.4, 0.5) is 14.5 Å². The summed E-state index contributed by atoms with van der Waals surface area (Å²) in [5.74, 6) is -2.65. The Bertz CT molecular complexity index is 427. The van der Waals surface area contributed by atoms with Gasteiger partial charge in [-0.25, -0.2) is 13.8 Å². The standard InChI is InChI=1S/C9H6F2N2O2/c10-5-1-6(11)3-7(2-5)13-9(15)4-8(14)12-13/h1-3H,4H2,(H,12,14). The lowest BCUT2D eigenvalue weighted by atomic mass is 10.3. The molecule has 1 aliphatic heterocycles. The second kappa shape index (κ2) is 3.30. The summed E-state index contributed by atoms with van der Waals surface area (Å²) < 4.78 is 25.6. The number of benzene rings is 1. The Morgan fingerprint density at radius 3 is 2.20 bits per heavy atom. The Morgan fingerprint density at radius 1 is 1.13 bits per heavy atom. The van der Waals surface area contributed by atoms with Crippen molar-refractivity contribution in [3.05, 3.63) is 29.8 Å². The lowest BCUT2D eigenvalue weighted by molar-refractivity contribution is -0.122. The van der Waals surface area contributed by atoms with Gasteiger partial charge in [-0.15, -0.1) is 0 Å². The molecule has 0 atom stereocenters. The Hall–Kier alpha value is -1.98. The molecule has 1 aliphatic rings. The molecule has 0 radical (unpaired) electrons. The first-order chi connectivity index (χ1) is 7.06. The molecule has 0 unspecified atom stereocenters. The average molecular weight is 212 g/mol. The van der Waals surface area contributed by atoms with E-state index in [2.05, 4.69) is 5.43 Å². The number of hydrogen-bond donors (Lipinski definition) is 1. The van der Waals surface area contributed by atoms with Crippen molar-refractivity contribution in [1.29, 1.82) is 0 Å². The number of halogens is 2. The first-order valence-electron chi connectivity index (χ1n) is 4.15. The van der Waals surface area contributed by atoms with E-state index in [9.17, 15) is 18.4 Å². The van der Waals surface area contributed by atoms with Gasteiger partial charge in [0.25, 0.3) is 5.91 Å². The topological polar surface area (TPSA) is 49.4 Å². The highest BCUT2D eigenvalue weighted by Gasteiger charge is 2.28. The highest BCUT2D eigenvalue weighted by Crippen LogP contribution is 2.19. The second-order valence-electron chi connectivity index (χ2n) is 3.07. The normalized spacial score (nSPS) is 15.7. The fraction of sp³-hybridized carbons (Fsp3) is 0.111. The van der Waals surface area contributed by atoms with Crippen LogP contribution in [0.1, 0.15) is 6.42 Å². The molecule has 0 saturated carbocycles. The van der Waals surface area contributed by atoms with Gasteiger partial charge in [0.05, 0.1) is 5.69 Å². The van der Waals surface area contributed by atoms with E-state index >= 15 is 0 Å². The molecule has 1 fully saturated rings. The second-order valence-corrected chi connectivity index (χ2v) is 3.07. The number of anilines is 1. The first-order valence-corrected chi connectivity index (χ1v) is 4.15. The third-order valence-electron chi connectivity index (χ3n) is 1.90. The van der Waals surface area contributed by atoms with Crippen molar-refractivity contribution in [2.45, 2.75) is 6.42 Å². The van der Waals surface area contributed by atoms with Gasteiger partial charge in [-0.05, 0) is 12.1 Å². The SMILES string of the molecule is O=C1CC(=O)N(c2cc(F)cc(F)c2)N1. The summed E-state index contributed by atoms with van der Waals surface area (Å²) in [7, 11) is 0. The monoisotopic (exact) mass is 212 g/mol. The molecule has 15 heavy (non-hydrogen) atoms. The van der Waals surface area contributed by atoms with E-state index in [1.165, 1.54) is 0 Å². The Kier molecular flexibility index (Phi) is 2.11. The predicted molar refractivity (Wildman–Crippen MR) is 46.6 cm³/mol. The fourth-order valence-corrected chi connectivity index (χ4v) is 1.32. The number of carbonyl (C=O) groups is 2. The first kappa shape index (κ1) is 9.57. The summed E-state index contributed by atoms with van der Waals surface area (Å²) in [6, 6.07) is 2.62. The third-order valence-corrected chi connectivity index (χ3v) is 1.90. The molecule has 0 aliphatic carbocycles. The average Bonchev–Trinajstić information content (AvgIpc) is 2.43. The highest BCUT2D eigenvalue weighted by atomic mass is 19.1. The van der Waals surface area contributed by atoms with Crippen LogP contribution in [0.25, 0.3) is 0 Å². The number of amides is 2. The van der Waals surface area contributed by atoms with Crippen molar-refractivity contribution in [2.75, 3.05) is 5.01 Å². The predicted octanol–water partition coefficient (Wildman–Crippen LogP) is 0.733. The lowest BCUT2D eigenvalue weighted by Crippen LogP contribution is -2.35. The van der Waals surface area contributed by atoms with Crippen molar-refractivity contribution < 1.29 is 18.4 Å². The molecule has 1 N–H and O–H groups in total. The van der Waals surface area contributed by atoms with E-state index < -0.39 is 23.4 Å². The molecule has 2 amide bonds. The van der Waals surface area contributed by atoms with Gasteiger partial charge in [0.15, 0.2) is 0 Å². The van der Waals surface area contributed by atoms with Crippen LogP contribution in [0.5, 0.6) is 0 Å². The van der Waals surface area contributed by atoms with Crippen molar-refractivity contribution >= 4 is 17.5 Å². The zero-order valence-electron chi connectivity index (χ0n) is 7.46. The molecule has 1 heterocycles. The van der Waals surface area contributed by atoms with Crippen LogP contribution in [0.2, 0.25) is 0 Å². The molecule has 1 saturated heterocycles. The summed E-state index contributed by atoms with van der Waals surface area (Å²) in [6.45, 7) is 0. The number of nitrogens with one attached hydrogen (secondary N) is 1. The summed E-state index contributed by atoms with van der Waals surface area (Å²) in [5.41, 5.74) is 2.16. The van der Waals surface area contributed by atoms with Gasteiger partial charge in [0.1, 0.15) is 18.1 Å². The van der Waals surface area contributed by atoms with Crippen LogP contribution in [-0.2, 0) is 9.59 Å². The van der Waals surface area contributed by atoms with Crippen molar-refractivity contribution in [3.8, 4) is 0 Å². The van der Waals surface area contributed by atoms with Crippen LogP contribution in [-0.4, -0.2) is 11.8 Å². The van der Waals surface area contributed by atoms with Crippen LogP contribution in [0.3, 0.4) is 0 Å². The van der Waals surface area contributed by atoms with Crippen LogP contribution < -0.4 is 10.4 Å². The van der Waals surface area contributed by atoms with Crippen LogP contribution >= 0.6 is 0 Å². The minimum Gasteiger partial charge on any atom is -0.273 e. The molecular formula is C9H6F2N2O2. The Labute approximate surface area is 83.5 Å². The zero-order valence-corrected chi connectivity index (χ0v) is 7.46. The molecule has 1 aromatic rings. The molecule has 78 valence electrons. The Balaban J connectivity index is 2.37. The summed E-state index contributed by atoms with van der Waals surface area (Å²) >= 11 is 0. The maximum absolute atomic E-state index is 12.8. The zero-order chi connectivity index (χ0) is 11.0. The van der Waals surface area contributed by atoms with Crippen molar-refractivity contribution in [2.24, 2.45) is 0 Å². The largest absolute Gasteiger partial charge is 0.273 e. The summed E-state index contributed by atoms with van der Waals surface area (Å²) in [5, 5.41) is 0.828. The van der Waals surface area contributed by atoms with Gasteiger partial charge in [-0.1, -0.05) is 0 Å². The smallest absolute Gasteiger partial charge is 0.255 e. The molecule has 6 heteroatoms. The number of hydrogen-bond acceptors (Lipinski definition) is 2. The maximum Gasteiger partial charge on any atom is 0.255 e. The Morgan fingerprint density at radius 2 is 1.73 bits per heavy atom. The number of rotatable bonds is 1. The molecule has 4 nitrogen and oxygen atoms in total. The van der Waals surface area contributed by atoms with Crippen LogP contribution in [0.15, 0.2) is 18.2 Å². The third kappa shape index (κ3) is 1.78. The van der Waals surface area contributed by atoms with Gasteiger partial charge in [0, 0.05) is 6.07 Å². The van der Waals surface area contributed by atoms with Gasteiger partial charge in [-0.2, -0.15) is 0 Å². The molecule has 0 spiro atoms. The summed E-state index contributed by atoms with van der Waals surface area (Å²) in [4.78, 5) is 22.1. The number of hydrazine groups is 1. The highest BCUT2D eigenvalue weighted by molar-refractivity contribution is 6.11. The van der Waals surface area contributed by atoms with E-state index in [-0.39, 0.29) is 12.1 Å². The number of nitrogens with zero attached hydrogens (tertiary/aromatic N) is 1. The summed E-state index contributed by atoms with van der Waals surface area (Å²) in [6.07, 6.45) is -0.307. The number of carbonyl (C=O) groups excluding carboxylic acids is 2. The van der Waals surface area contributed by atoms with Crippen LogP contribution in [0, 0.1) is 11.6 Å². The van der Waals surface area contributed by atoms with E-state index in [4.69, 9.17) is 0 Å². The van der Waals surface area contributed by atoms with Gasteiger partial charge >= 0.3 is 0 Å². The van der Waals surface area contributed by atoms with Gasteiger partial charge in [-0.3, -0.25) is 15.0 Å². The minimum atomic E-state index is -0.807. The molecule has 0 bridgehead atoms. The quantitative estimate of drug-likeness (QED) is 0.698. The van der Waals surface area contributed by atoms with Crippen molar-refractivity contribution in [3.63, 3.8) is 0 Å². The molecular weight excluding hydrogens is 206 g/mol. The van der Waals surface area contributed by atoms with Crippen molar-refractivity contribution in [1.82, 2.24) is 5.43 Å². The minimum absolute atomic E-state index is 0.0247. The maximum atomic E-state index is 12.8. The molecule has 0 aromatic heterocycles. The van der Waals surface area contributed by atoms with E-state index in [1.54, 1.807) is 0 Å². The molecule has 2 rings (SSSR count).